The predicted octanol–water partition coefficient (Wildman–Crippen LogP) is 2.88. The van der Waals surface area contributed by atoms with Crippen LogP contribution in [0.4, 0.5) is 0 Å². The van der Waals surface area contributed by atoms with Crippen molar-refractivity contribution in [3.05, 3.63) is 126 Å². The minimum atomic E-state index is -0.351. The van der Waals surface area contributed by atoms with Crippen LogP contribution in [0.1, 0.15) is 57.9 Å². The van der Waals surface area contributed by atoms with Gasteiger partial charge in [-0.05, 0) is 96.8 Å². The van der Waals surface area contributed by atoms with Crippen LogP contribution in [0.15, 0.2) is 76.3 Å². The first-order valence-electron chi connectivity index (χ1n) is 15.8. The van der Waals surface area contributed by atoms with E-state index in [9.17, 15) is 14.4 Å². The van der Waals surface area contributed by atoms with Crippen molar-refractivity contribution in [2.75, 3.05) is 33.9 Å². The summed E-state index contributed by atoms with van der Waals surface area (Å²) in [5, 5.41) is 4.16. The van der Waals surface area contributed by atoms with E-state index in [1.54, 1.807) is 57.7 Å². The number of nitrogens with zero attached hydrogens (tertiary/aromatic N) is 2. The number of methoxy groups -OCH3 is 2. The van der Waals surface area contributed by atoms with E-state index in [0.717, 1.165) is 54.9 Å². The van der Waals surface area contributed by atoms with Crippen LogP contribution in [0.3, 0.4) is 0 Å². The minimum Gasteiger partial charge on any atom is -0.493 e. The first-order valence-corrected chi connectivity index (χ1v) is 15.8. The van der Waals surface area contributed by atoms with Crippen molar-refractivity contribution < 1.29 is 14.3 Å². The Labute approximate surface area is 267 Å². The highest BCUT2D eigenvalue weighted by atomic mass is 16.5. The number of aromatic amines is 1. The quantitative estimate of drug-likeness (QED) is 0.329. The molecule has 4 aromatic rings. The molecular weight excluding hydrogens is 580 g/mol. The standard InChI is InChI=1S/C37H40N4O5/c1-40-32(21-24-7-5-4-6-8-24)35(42)39-31(37(40)44)20-25-9-11-27(12-10-25)36(43)41-17-14-26(15-18-41)19-30-29-23-34(46-3)33(45-2)22-28(29)13-16-38-30/h4-12,20-23,26,30,38H,13-19H2,1-3H3,(H,39,42)/b31-20-,32-21-. The molecule has 2 aliphatic rings. The summed E-state index contributed by atoms with van der Waals surface area (Å²) in [6.07, 6.45) is 7.21. The third-order valence-electron chi connectivity index (χ3n) is 9.23. The lowest BCUT2D eigenvalue weighted by Gasteiger charge is -2.36. The van der Waals surface area contributed by atoms with Gasteiger partial charge >= 0.3 is 0 Å². The Bertz CT molecular complexity index is 1960. The lowest BCUT2D eigenvalue weighted by molar-refractivity contribution is 0.0681. The summed E-state index contributed by atoms with van der Waals surface area (Å²) in [6, 6.07) is 21.0. The van der Waals surface area contributed by atoms with Crippen LogP contribution in [0.5, 0.6) is 11.5 Å². The van der Waals surface area contributed by atoms with Gasteiger partial charge in [-0.3, -0.25) is 14.4 Å². The third kappa shape index (κ3) is 6.55. The molecule has 2 N–H and O–H groups in total. The Balaban J connectivity index is 1.10. The van der Waals surface area contributed by atoms with Crippen LogP contribution in [0.25, 0.3) is 12.2 Å². The molecule has 1 aromatic heterocycles. The SMILES string of the molecule is COc1cc2c(cc1OC)C(CC1CCN(C(=O)c3ccc(/C=c4\[nH]c(=O)/c(=C/c5ccccc5)n(C)c4=O)cc3)CC1)NCC2. The molecule has 0 spiro atoms. The van der Waals surface area contributed by atoms with Crippen molar-refractivity contribution >= 4 is 18.1 Å². The normalized spacial score (nSPS) is 17.5. The van der Waals surface area contributed by atoms with Crippen LogP contribution >= 0.6 is 0 Å². The molecule has 1 atom stereocenters. The van der Waals surface area contributed by atoms with E-state index in [-0.39, 0.29) is 33.8 Å². The van der Waals surface area contributed by atoms with Gasteiger partial charge in [-0.2, -0.15) is 0 Å². The molecule has 0 bridgehead atoms. The number of aromatic nitrogens is 2. The van der Waals surface area contributed by atoms with Crippen LogP contribution in [-0.2, 0) is 13.5 Å². The Morgan fingerprint density at radius 1 is 0.913 bits per heavy atom. The zero-order valence-corrected chi connectivity index (χ0v) is 26.5. The molecule has 2 aliphatic heterocycles. The number of likely N-dealkylation sites (tertiary alicyclic amines) is 1. The number of fused-ring (bicyclic) bond motifs is 1. The number of ether oxygens (including phenoxy) is 2. The zero-order valence-electron chi connectivity index (χ0n) is 26.5. The highest BCUT2D eigenvalue weighted by Gasteiger charge is 2.29. The van der Waals surface area contributed by atoms with E-state index < -0.39 is 0 Å². The average molecular weight is 621 g/mol. The van der Waals surface area contributed by atoms with Gasteiger partial charge < -0.3 is 29.2 Å². The molecule has 1 fully saturated rings. The van der Waals surface area contributed by atoms with Gasteiger partial charge in [0.2, 0.25) is 0 Å². The highest BCUT2D eigenvalue weighted by Crippen LogP contribution is 2.38. The fourth-order valence-corrected chi connectivity index (χ4v) is 6.60. The minimum absolute atomic E-state index is 0.00749. The number of amides is 1. The fraction of sp³-hybridized carbons (Fsp3) is 0.324. The summed E-state index contributed by atoms with van der Waals surface area (Å²) in [7, 11) is 4.93. The Morgan fingerprint density at radius 3 is 2.28 bits per heavy atom. The molecule has 0 radical (unpaired) electrons. The van der Waals surface area contributed by atoms with Gasteiger partial charge in [-0.15, -0.1) is 0 Å². The molecule has 238 valence electrons. The number of H-pyrrole nitrogens is 1. The van der Waals surface area contributed by atoms with Crippen LogP contribution in [0, 0.1) is 5.92 Å². The smallest absolute Gasteiger partial charge is 0.274 e. The van der Waals surface area contributed by atoms with Crippen LogP contribution in [-0.4, -0.2) is 54.2 Å². The molecule has 9 nitrogen and oxygen atoms in total. The molecule has 0 aliphatic carbocycles. The third-order valence-corrected chi connectivity index (χ3v) is 9.23. The number of hydrogen-bond donors (Lipinski definition) is 2. The molecule has 9 heteroatoms. The van der Waals surface area contributed by atoms with E-state index in [1.807, 2.05) is 35.2 Å². The number of piperidine rings is 1. The second-order valence-electron chi connectivity index (χ2n) is 12.1. The van der Waals surface area contributed by atoms with Crippen LogP contribution in [0.2, 0.25) is 0 Å². The second kappa shape index (κ2) is 13.6. The van der Waals surface area contributed by atoms with Crippen molar-refractivity contribution in [3.63, 3.8) is 0 Å². The number of nitrogens with one attached hydrogen (secondary N) is 2. The van der Waals surface area contributed by atoms with Crippen molar-refractivity contribution in [2.45, 2.75) is 31.7 Å². The summed E-state index contributed by atoms with van der Waals surface area (Å²) < 4.78 is 12.4. The van der Waals surface area contributed by atoms with Gasteiger partial charge in [0.1, 0.15) is 10.7 Å². The summed E-state index contributed by atoms with van der Waals surface area (Å²) >= 11 is 0. The summed E-state index contributed by atoms with van der Waals surface area (Å²) in [4.78, 5) is 43.9. The maximum Gasteiger partial charge on any atom is 0.274 e. The van der Waals surface area contributed by atoms with Crippen molar-refractivity contribution in [1.29, 1.82) is 0 Å². The van der Waals surface area contributed by atoms with Crippen LogP contribution < -0.4 is 36.6 Å². The molecule has 1 amide bonds. The van der Waals surface area contributed by atoms with Gasteiger partial charge in [0.15, 0.2) is 11.5 Å². The van der Waals surface area contributed by atoms with Gasteiger partial charge in [-0.1, -0.05) is 42.5 Å². The number of benzene rings is 3. The summed E-state index contributed by atoms with van der Waals surface area (Å²) in [5.74, 6) is 2.04. The van der Waals surface area contributed by atoms with Gasteiger partial charge in [0.25, 0.3) is 17.0 Å². The molecule has 3 heterocycles. The number of carbonyl (C=O) groups excluding carboxylic acids is 1. The maximum absolute atomic E-state index is 13.4. The first kappa shape index (κ1) is 31.1. The monoisotopic (exact) mass is 620 g/mol. The maximum atomic E-state index is 13.4. The van der Waals surface area contributed by atoms with Crippen molar-refractivity contribution in [1.82, 2.24) is 19.8 Å². The van der Waals surface area contributed by atoms with E-state index in [0.29, 0.717) is 24.6 Å². The topological polar surface area (TPSA) is 106 Å². The highest BCUT2D eigenvalue weighted by molar-refractivity contribution is 5.94. The van der Waals surface area contributed by atoms with E-state index in [2.05, 4.69) is 22.4 Å². The van der Waals surface area contributed by atoms with Gasteiger partial charge in [0.05, 0.1) is 14.2 Å². The molecule has 3 aromatic carbocycles. The largest absolute Gasteiger partial charge is 0.493 e. The Morgan fingerprint density at radius 2 is 1.59 bits per heavy atom. The molecule has 0 saturated carbocycles. The lowest BCUT2D eigenvalue weighted by Crippen LogP contribution is -2.52. The lowest BCUT2D eigenvalue weighted by atomic mass is 9.84. The molecule has 1 unspecified atom stereocenters. The Hall–Kier alpha value is -4.89. The number of carbonyl (C=O) groups is 1. The molecule has 46 heavy (non-hydrogen) atoms. The second-order valence-corrected chi connectivity index (χ2v) is 12.1. The molecular formula is C37H40N4O5. The summed E-state index contributed by atoms with van der Waals surface area (Å²) in [6.45, 7) is 2.36. The average Bonchev–Trinajstić information content (AvgIpc) is 3.09. The number of rotatable bonds is 7. The Kier molecular flexibility index (Phi) is 9.21. The van der Waals surface area contributed by atoms with E-state index in [4.69, 9.17) is 9.47 Å². The predicted molar refractivity (Wildman–Crippen MR) is 179 cm³/mol. The van der Waals surface area contributed by atoms with Gasteiger partial charge in [0, 0.05) is 31.7 Å². The molecule has 6 rings (SSSR count). The first-order chi connectivity index (χ1) is 22.3. The van der Waals surface area contributed by atoms with Crippen molar-refractivity contribution in [2.24, 2.45) is 13.0 Å². The summed E-state index contributed by atoms with van der Waals surface area (Å²) in [5.41, 5.74) is 4.08. The fourth-order valence-electron chi connectivity index (χ4n) is 6.60. The van der Waals surface area contributed by atoms with Gasteiger partial charge in [-0.25, -0.2) is 0 Å². The molecule has 1 saturated heterocycles. The van der Waals surface area contributed by atoms with E-state index >= 15 is 0 Å². The van der Waals surface area contributed by atoms with Crippen molar-refractivity contribution in [3.8, 4) is 11.5 Å². The number of hydrogen-bond acceptors (Lipinski definition) is 6. The van der Waals surface area contributed by atoms with E-state index in [1.165, 1.54) is 15.7 Å². The zero-order chi connectivity index (χ0) is 32.2.